The molecule has 6 heteroatoms. The molecule has 4 nitrogen and oxygen atoms in total. The van der Waals surface area contributed by atoms with E-state index in [0.717, 1.165) is 96.0 Å². The van der Waals surface area contributed by atoms with E-state index in [-0.39, 0.29) is 21.7 Å². The average Bonchev–Trinajstić information content (AvgIpc) is 1.52. The van der Waals surface area contributed by atoms with Crippen LogP contribution >= 0.6 is 23.5 Å². The van der Waals surface area contributed by atoms with Crippen LogP contribution in [-0.4, -0.2) is 37.9 Å². The van der Waals surface area contributed by atoms with Crippen molar-refractivity contribution in [2.24, 2.45) is 10.8 Å². The highest BCUT2D eigenvalue weighted by molar-refractivity contribution is 7.99. The summed E-state index contributed by atoms with van der Waals surface area (Å²) in [6, 6.07) is 111. The smallest absolute Gasteiger partial charge is 0.0714 e. The fourth-order valence-electron chi connectivity index (χ4n) is 16.1. The summed E-state index contributed by atoms with van der Waals surface area (Å²) in [5.74, 6) is 2.12. The molecule has 2 unspecified atom stereocenters. The summed E-state index contributed by atoms with van der Waals surface area (Å²) in [6.45, 7) is 21.8. The zero-order valence-corrected chi connectivity index (χ0v) is 60.5. The van der Waals surface area contributed by atoms with Crippen molar-refractivity contribution >= 4 is 57.6 Å². The molecule has 2 aliphatic carbocycles. The SMILES string of the molecule is CCC1(CSc2ccc(C3(c4ccc(C(C)(C)C)cc4)c4ccccc4-c4ccc(N(c5ccccc5)c5ccc(-c6ccc(N(c7ccccc7)c7ccc8c(c7)C(c7ccc(SCC9(CC)COC9)cc7)(c7ccc(C(C)(C)C)cc7)c7ccccc7-8)cc6)cc5)cc43)cc2)COC1. The number of hydrogen-bond acceptors (Lipinski definition) is 6. The molecule has 0 aromatic heterocycles. The maximum atomic E-state index is 5.74. The molecular formula is C94H88N2O2S2. The summed E-state index contributed by atoms with van der Waals surface area (Å²) in [5, 5.41) is 0. The summed E-state index contributed by atoms with van der Waals surface area (Å²) in [7, 11) is 0. The molecule has 498 valence electrons. The Hall–Kier alpha value is -9.14. The van der Waals surface area contributed by atoms with Crippen molar-refractivity contribution in [3.8, 4) is 33.4 Å². The average molecular weight is 1340 g/mol. The van der Waals surface area contributed by atoms with Gasteiger partial charge in [-0.3, -0.25) is 0 Å². The number of para-hydroxylation sites is 2. The lowest BCUT2D eigenvalue weighted by molar-refractivity contribution is -0.0994. The molecule has 12 aromatic rings. The summed E-state index contributed by atoms with van der Waals surface area (Å²) >= 11 is 3.93. The van der Waals surface area contributed by atoms with Crippen molar-refractivity contribution in [3.63, 3.8) is 0 Å². The molecule has 0 amide bonds. The van der Waals surface area contributed by atoms with Crippen LogP contribution in [0.4, 0.5) is 34.1 Å². The first-order valence-corrected chi connectivity index (χ1v) is 37.8. The highest BCUT2D eigenvalue weighted by atomic mass is 32.2. The van der Waals surface area contributed by atoms with E-state index in [4.69, 9.17) is 9.47 Å². The molecule has 0 spiro atoms. The van der Waals surface area contributed by atoms with E-state index in [1.165, 1.54) is 87.7 Å². The topological polar surface area (TPSA) is 24.9 Å². The van der Waals surface area contributed by atoms with Gasteiger partial charge in [0.1, 0.15) is 0 Å². The van der Waals surface area contributed by atoms with Crippen LogP contribution in [0.5, 0.6) is 0 Å². The fraction of sp³-hybridized carbons (Fsp3) is 0.234. The number of nitrogens with zero attached hydrogens (tertiary/aromatic N) is 2. The molecule has 0 N–H and O–H groups in total. The van der Waals surface area contributed by atoms with E-state index in [1.807, 2.05) is 23.5 Å². The van der Waals surface area contributed by atoms with Crippen LogP contribution in [0.15, 0.2) is 301 Å². The highest BCUT2D eigenvalue weighted by Gasteiger charge is 2.49. The van der Waals surface area contributed by atoms with E-state index in [2.05, 4.69) is 356 Å². The molecule has 100 heavy (non-hydrogen) atoms. The van der Waals surface area contributed by atoms with E-state index < -0.39 is 10.8 Å². The van der Waals surface area contributed by atoms with Crippen molar-refractivity contribution in [2.45, 2.75) is 99.7 Å². The Morgan fingerprint density at radius 2 is 0.610 bits per heavy atom. The molecule has 2 fully saturated rings. The van der Waals surface area contributed by atoms with Crippen LogP contribution in [0.1, 0.15) is 124 Å². The third-order valence-corrected chi connectivity index (χ3v) is 25.1. The zero-order valence-electron chi connectivity index (χ0n) is 58.9. The standard InChI is InChI=1S/C94H88N2O2S2/c1-9-91(59-97-60-91)63-99-79-51-41-71(42-52-79)93(69-37-33-67(34-38-69)89(3,4)5)85-27-19-17-25-81(85)83-55-49-77(57-87(83)93)95(73-21-13-11-14-22-73)75-45-29-65(30-46-75)66-31-47-76(48-32-66)96(74-23-15-12-16-24-74)78-50-56-84-82-26-18-20-28-86(82)94(88(84)58-78,70-39-35-68(36-40-70)90(6,7)8)72-43-53-80(54-44-72)100-64-92(10-2)61-98-62-92/h11-58H,9-10,59-64H2,1-8H3. The molecule has 16 rings (SSSR count). The van der Waals surface area contributed by atoms with E-state index >= 15 is 0 Å². The van der Waals surface area contributed by atoms with Gasteiger partial charge in [0.15, 0.2) is 0 Å². The molecule has 2 aliphatic heterocycles. The number of benzene rings is 12. The van der Waals surface area contributed by atoms with Gasteiger partial charge in [-0.1, -0.05) is 250 Å². The minimum atomic E-state index is -0.589. The van der Waals surface area contributed by atoms with Gasteiger partial charge in [0, 0.05) is 66.3 Å². The normalized spacial score (nSPS) is 17.6. The first-order valence-electron chi connectivity index (χ1n) is 35.9. The largest absolute Gasteiger partial charge is 0.380 e. The molecule has 0 radical (unpaired) electrons. The van der Waals surface area contributed by atoms with E-state index in [1.54, 1.807) is 0 Å². The van der Waals surface area contributed by atoms with Crippen LogP contribution in [0.2, 0.25) is 0 Å². The maximum Gasteiger partial charge on any atom is 0.0714 e. The molecule has 0 bridgehead atoms. The maximum absolute atomic E-state index is 5.74. The van der Waals surface area contributed by atoms with Gasteiger partial charge in [-0.05, 0) is 210 Å². The van der Waals surface area contributed by atoms with E-state index in [0.29, 0.717) is 0 Å². The number of fused-ring (bicyclic) bond motifs is 6. The molecule has 4 aliphatic rings. The summed E-state index contributed by atoms with van der Waals surface area (Å²) < 4.78 is 11.5. The summed E-state index contributed by atoms with van der Waals surface area (Å²) in [6.07, 6.45) is 2.26. The van der Waals surface area contributed by atoms with Crippen molar-refractivity contribution in [1.82, 2.24) is 0 Å². The molecule has 2 atom stereocenters. The quantitative estimate of drug-likeness (QED) is 0.0749. The number of thioether (sulfide) groups is 2. The van der Waals surface area contributed by atoms with Crippen LogP contribution in [0.25, 0.3) is 33.4 Å². The van der Waals surface area contributed by atoms with Crippen LogP contribution in [0.3, 0.4) is 0 Å². The number of ether oxygens (including phenoxy) is 2. The predicted molar refractivity (Wildman–Crippen MR) is 422 cm³/mol. The molecule has 12 aromatic carbocycles. The second kappa shape index (κ2) is 26.1. The van der Waals surface area contributed by atoms with Gasteiger partial charge in [-0.2, -0.15) is 0 Å². The van der Waals surface area contributed by atoms with Gasteiger partial charge in [-0.25, -0.2) is 0 Å². The van der Waals surface area contributed by atoms with Gasteiger partial charge in [0.25, 0.3) is 0 Å². The summed E-state index contributed by atoms with van der Waals surface area (Å²) in [5.41, 5.74) is 26.2. The van der Waals surface area contributed by atoms with Crippen molar-refractivity contribution in [3.05, 3.63) is 347 Å². The molecular weight excluding hydrogens is 1250 g/mol. The molecule has 2 heterocycles. The van der Waals surface area contributed by atoms with E-state index in [9.17, 15) is 0 Å². The minimum absolute atomic E-state index is 0.00941. The minimum Gasteiger partial charge on any atom is -0.380 e. The van der Waals surface area contributed by atoms with Gasteiger partial charge >= 0.3 is 0 Å². The Morgan fingerprint density at radius 3 is 0.930 bits per heavy atom. The predicted octanol–water partition coefficient (Wildman–Crippen LogP) is 24.7. The zero-order chi connectivity index (χ0) is 68.4. The lowest BCUT2D eigenvalue weighted by Crippen LogP contribution is -2.44. The second-order valence-electron chi connectivity index (χ2n) is 30.5. The van der Waals surface area contributed by atoms with Crippen LogP contribution in [-0.2, 0) is 31.1 Å². The van der Waals surface area contributed by atoms with Gasteiger partial charge < -0.3 is 19.3 Å². The number of anilines is 6. The van der Waals surface area contributed by atoms with Gasteiger partial charge in [0.2, 0.25) is 0 Å². The number of rotatable bonds is 19. The Labute approximate surface area is 601 Å². The summed E-state index contributed by atoms with van der Waals surface area (Å²) in [4.78, 5) is 7.45. The second-order valence-corrected chi connectivity index (χ2v) is 32.6. The lowest BCUT2D eigenvalue weighted by Gasteiger charge is -2.40. The fourth-order valence-corrected chi connectivity index (χ4v) is 18.5. The highest BCUT2D eigenvalue weighted by Crippen LogP contribution is 2.60. The molecule has 0 saturated carbocycles. The van der Waals surface area contributed by atoms with Crippen LogP contribution in [0, 0.1) is 10.8 Å². The first-order chi connectivity index (χ1) is 48.6. The van der Waals surface area contributed by atoms with Crippen molar-refractivity contribution in [1.29, 1.82) is 0 Å². The lowest BCUT2D eigenvalue weighted by atomic mass is 9.67. The number of hydrogen-bond donors (Lipinski definition) is 0. The van der Waals surface area contributed by atoms with Crippen molar-refractivity contribution in [2.75, 3.05) is 47.7 Å². The Morgan fingerprint density at radius 1 is 0.310 bits per heavy atom. The third-order valence-electron chi connectivity index (χ3n) is 22.4. The van der Waals surface area contributed by atoms with Crippen LogP contribution < -0.4 is 9.80 Å². The third kappa shape index (κ3) is 11.4. The Kier molecular flexibility index (Phi) is 17.1. The first kappa shape index (κ1) is 65.5. The Bertz CT molecular complexity index is 4590. The van der Waals surface area contributed by atoms with Gasteiger partial charge in [0.05, 0.1) is 37.3 Å². The van der Waals surface area contributed by atoms with Crippen molar-refractivity contribution < 1.29 is 9.47 Å². The molecule has 2 saturated heterocycles. The van der Waals surface area contributed by atoms with Gasteiger partial charge in [-0.15, -0.1) is 23.5 Å². The monoisotopic (exact) mass is 1340 g/mol. The Balaban J connectivity index is 0.759.